The molecule has 0 aliphatic carbocycles. The third-order valence-electron chi connectivity index (χ3n) is 4.30. The van der Waals surface area contributed by atoms with E-state index in [1.165, 1.54) is 24.9 Å². The van der Waals surface area contributed by atoms with E-state index in [-0.39, 0.29) is 0 Å². The molecule has 0 radical (unpaired) electrons. The Bertz CT molecular complexity index is 554. The second-order valence-electron chi connectivity index (χ2n) is 5.80. The molecule has 1 aliphatic heterocycles. The van der Waals surface area contributed by atoms with Gasteiger partial charge < -0.3 is 10.3 Å². The fourth-order valence-corrected chi connectivity index (χ4v) is 3.02. The predicted octanol–water partition coefficient (Wildman–Crippen LogP) is 2.44. The van der Waals surface area contributed by atoms with Crippen molar-refractivity contribution in [2.24, 2.45) is 11.8 Å². The van der Waals surface area contributed by atoms with Gasteiger partial charge in [0.25, 0.3) is 0 Å². The third-order valence-corrected chi connectivity index (χ3v) is 4.30. The molecule has 4 heteroatoms. The van der Waals surface area contributed by atoms with E-state index in [2.05, 4.69) is 34.1 Å². The molecular formula is C15H22N4. The van der Waals surface area contributed by atoms with Gasteiger partial charge in [0.1, 0.15) is 5.82 Å². The topological polar surface area (TPSA) is 53.6 Å². The van der Waals surface area contributed by atoms with Crippen LogP contribution in [0.4, 0.5) is 0 Å². The molecule has 19 heavy (non-hydrogen) atoms. The summed E-state index contributed by atoms with van der Waals surface area (Å²) in [4.78, 5) is 12.4. The quantitative estimate of drug-likeness (QED) is 0.889. The Kier molecular flexibility index (Phi) is 3.51. The second kappa shape index (κ2) is 5.29. The Balaban J connectivity index is 1.75. The lowest BCUT2D eigenvalue weighted by molar-refractivity contribution is 0.276. The van der Waals surface area contributed by atoms with Crippen LogP contribution in [-0.2, 0) is 6.42 Å². The fraction of sp³-hybridized carbons (Fsp3) is 0.600. The van der Waals surface area contributed by atoms with Crippen LogP contribution in [0, 0.1) is 18.8 Å². The molecule has 1 fully saturated rings. The zero-order valence-corrected chi connectivity index (χ0v) is 11.7. The Morgan fingerprint density at radius 2 is 2.37 bits per heavy atom. The number of imidazole rings is 1. The lowest BCUT2D eigenvalue weighted by Crippen LogP contribution is -2.34. The van der Waals surface area contributed by atoms with Crippen molar-refractivity contribution in [3.8, 4) is 0 Å². The molecule has 0 bridgehead atoms. The number of hydrogen-bond acceptors (Lipinski definition) is 3. The molecule has 0 aromatic carbocycles. The molecule has 3 heterocycles. The summed E-state index contributed by atoms with van der Waals surface area (Å²) in [7, 11) is 0. The fourth-order valence-electron chi connectivity index (χ4n) is 3.02. The molecule has 1 saturated heterocycles. The van der Waals surface area contributed by atoms with Crippen LogP contribution in [0.1, 0.15) is 31.2 Å². The molecule has 0 saturated carbocycles. The summed E-state index contributed by atoms with van der Waals surface area (Å²) in [5, 5.41) is 3.49. The van der Waals surface area contributed by atoms with Crippen molar-refractivity contribution in [2.45, 2.75) is 33.1 Å². The van der Waals surface area contributed by atoms with Crippen LogP contribution < -0.4 is 5.32 Å². The van der Waals surface area contributed by atoms with Crippen molar-refractivity contribution in [1.82, 2.24) is 20.3 Å². The minimum atomic E-state index is 0.661. The van der Waals surface area contributed by atoms with E-state index in [0.29, 0.717) is 5.92 Å². The van der Waals surface area contributed by atoms with Crippen LogP contribution in [0.5, 0.6) is 0 Å². The third kappa shape index (κ3) is 2.63. The maximum atomic E-state index is 4.62. The molecule has 4 nitrogen and oxygen atoms in total. The van der Waals surface area contributed by atoms with Gasteiger partial charge in [-0.3, -0.25) is 0 Å². The first kappa shape index (κ1) is 12.6. The highest BCUT2D eigenvalue weighted by Gasteiger charge is 2.21. The number of aromatic nitrogens is 3. The molecule has 0 amide bonds. The summed E-state index contributed by atoms with van der Waals surface area (Å²) in [5.41, 5.74) is 3.16. The average molecular weight is 258 g/mol. The molecule has 2 N–H and O–H groups in total. The predicted molar refractivity (Wildman–Crippen MR) is 77.1 cm³/mol. The van der Waals surface area contributed by atoms with Crippen molar-refractivity contribution in [3.05, 3.63) is 23.7 Å². The Hall–Kier alpha value is -1.42. The first-order valence-corrected chi connectivity index (χ1v) is 7.25. The van der Waals surface area contributed by atoms with E-state index in [4.69, 9.17) is 0 Å². The zero-order chi connectivity index (χ0) is 13.2. The van der Waals surface area contributed by atoms with Crippen molar-refractivity contribution in [1.29, 1.82) is 0 Å². The number of aryl methyl sites for hydroxylation is 1. The number of H-pyrrole nitrogens is 1. The smallest absolute Gasteiger partial charge is 0.177 e. The highest BCUT2D eigenvalue weighted by molar-refractivity contribution is 5.74. The normalized spacial score (nSPS) is 21.7. The summed E-state index contributed by atoms with van der Waals surface area (Å²) in [5.74, 6) is 2.51. The molecule has 0 spiro atoms. The summed E-state index contributed by atoms with van der Waals surface area (Å²) in [6.45, 7) is 6.77. The van der Waals surface area contributed by atoms with E-state index in [0.717, 1.165) is 35.9 Å². The van der Waals surface area contributed by atoms with Gasteiger partial charge in [-0.25, -0.2) is 9.97 Å². The molecule has 102 valence electrons. The van der Waals surface area contributed by atoms with Crippen molar-refractivity contribution in [2.75, 3.05) is 13.1 Å². The molecule has 2 unspecified atom stereocenters. The van der Waals surface area contributed by atoms with Gasteiger partial charge in [-0.15, -0.1) is 0 Å². The summed E-state index contributed by atoms with van der Waals surface area (Å²) >= 11 is 0. The van der Waals surface area contributed by atoms with Gasteiger partial charge in [0.05, 0.1) is 5.52 Å². The van der Waals surface area contributed by atoms with Crippen LogP contribution in [0.15, 0.2) is 12.3 Å². The minimum absolute atomic E-state index is 0.661. The van der Waals surface area contributed by atoms with Crippen LogP contribution in [0.2, 0.25) is 0 Å². The molecule has 2 atom stereocenters. The van der Waals surface area contributed by atoms with Crippen LogP contribution in [0.25, 0.3) is 11.2 Å². The van der Waals surface area contributed by atoms with Crippen molar-refractivity contribution >= 4 is 11.2 Å². The van der Waals surface area contributed by atoms with E-state index in [9.17, 15) is 0 Å². The van der Waals surface area contributed by atoms with E-state index in [1.54, 1.807) is 0 Å². The number of pyridine rings is 1. The standard InChI is InChI=1S/C15H22N4/c1-10-5-7-17-15-14(10)18-13(19-15)8-11(2)12-4-3-6-16-9-12/h5,7,11-12,16H,3-4,6,8-9H2,1-2H3,(H,17,18,19). The minimum Gasteiger partial charge on any atom is -0.340 e. The molecule has 2 aromatic heterocycles. The molecule has 1 aliphatic rings. The van der Waals surface area contributed by atoms with Gasteiger partial charge in [-0.1, -0.05) is 6.92 Å². The maximum absolute atomic E-state index is 4.62. The number of hydrogen-bond donors (Lipinski definition) is 2. The second-order valence-corrected chi connectivity index (χ2v) is 5.80. The van der Waals surface area contributed by atoms with Crippen LogP contribution in [-0.4, -0.2) is 28.0 Å². The first-order chi connectivity index (χ1) is 9.24. The van der Waals surface area contributed by atoms with E-state index in [1.807, 2.05) is 12.3 Å². The summed E-state index contributed by atoms with van der Waals surface area (Å²) in [6, 6.07) is 2.03. The Labute approximate surface area is 114 Å². The van der Waals surface area contributed by atoms with Crippen molar-refractivity contribution < 1.29 is 0 Å². The first-order valence-electron chi connectivity index (χ1n) is 7.25. The Morgan fingerprint density at radius 1 is 1.47 bits per heavy atom. The monoisotopic (exact) mass is 258 g/mol. The number of fused-ring (bicyclic) bond motifs is 1. The largest absolute Gasteiger partial charge is 0.340 e. The molecule has 3 rings (SSSR count). The van der Waals surface area contributed by atoms with Gasteiger partial charge in [0.15, 0.2) is 5.65 Å². The van der Waals surface area contributed by atoms with Crippen LogP contribution >= 0.6 is 0 Å². The number of nitrogens with one attached hydrogen (secondary N) is 2. The van der Waals surface area contributed by atoms with E-state index >= 15 is 0 Å². The molecular weight excluding hydrogens is 236 g/mol. The van der Waals surface area contributed by atoms with Gasteiger partial charge in [0.2, 0.25) is 0 Å². The number of piperidine rings is 1. The van der Waals surface area contributed by atoms with Gasteiger partial charge in [-0.05, 0) is 56.3 Å². The maximum Gasteiger partial charge on any atom is 0.177 e. The van der Waals surface area contributed by atoms with Gasteiger partial charge in [-0.2, -0.15) is 0 Å². The highest BCUT2D eigenvalue weighted by atomic mass is 15.0. The molecule has 2 aromatic rings. The number of nitrogens with zero attached hydrogens (tertiary/aromatic N) is 2. The highest BCUT2D eigenvalue weighted by Crippen LogP contribution is 2.23. The van der Waals surface area contributed by atoms with Gasteiger partial charge in [0, 0.05) is 12.6 Å². The van der Waals surface area contributed by atoms with Crippen molar-refractivity contribution in [3.63, 3.8) is 0 Å². The number of aromatic amines is 1. The average Bonchev–Trinajstić information content (AvgIpc) is 2.84. The van der Waals surface area contributed by atoms with E-state index < -0.39 is 0 Å². The lowest BCUT2D eigenvalue weighted by Gasteiger charge is -2.27. The lowest BCUT2D eigenvalue weighted by atomic mass is 9.85. The number of rotatable bonds is 3. The SMILES string of the molecule is Cc1ccnc2nc(CC(C)C3CCCNC3)[nH]c12. The zero-order valence-electron chi connectivity index (χ0n) is 11.7. The Morgan fingerprint density at radius 3 is 3.11 bits per heavy atom. The van der Waals surface area contributed by atoms with Gasteiger partial charge >= 0.3 is 0 Å². The summed E-state index contributed by atoms with van der Waals surface area (Å²) < 4.78 is 0. The van der Waals surface area contributed by atoms with Crippen LogP contribution in [0.3, 0.4) is 0 Å². The summed E-state index contributed by atoms with van der Waals surface area (Å²) in [6.07, 6.45) is 5.49.